The van der Waals surface area contributed by atoms with Crippen LogP contribution in [0.1, 0.15) is 17.7 Å². The van der Waals surface area contributed by atoms with Crippen LogP contribution in [0.25, 0.3) is 10.6 Å². The summed E-state index contributed by atoms with van der Waals surface area (Å²) in [6.07, 6.45) is 0.285. The highest BCUT2D eigenvalue weighted by atomic mass is 35.5. The van der Waals surface area contributed by atoms with E-state index in [1.165, 1.54) is 11.3 Å². The van der Waals surface area contributed by atoms with E-state index < -0.39 is 5.91 Å². The summed E-state index contributed by atoms with van der Waals surface area (Å²) in [5.74, 6) is -0.526. The van der Waals surface area contributed by atoms with Crippen molar-refractivity contribution in [1.82, 2.24) is 9.88 Å². The van der Waals surface area contributed by atoms with Gasteiger partial charge in [0.2, 0.25) is 11.8 Å². The maximum Gasteiger partial charge on any atom is 0.228 e. The number of nitrogens with zero attached hydrogens (tertiary/aromatic N) is 2. The van der Waals surface area contributed by atoms with E-state index in [0.717, 1.165) is 16.1 Å². The molecule has 0 aliphatic rings. The first kappa shape index (κ1) is 20.0. The molecule has 0 aliphatic heterocycles. The molecular weight excluding hydrogens is 394 g/mol. The lowest BCUT2D eigenvalue weighted by Crippen LogP contribution is -2.34. The Kier molecular flexibility index (Phi) is 6.79. The van der Waals surface area contributed by atoms with Gasteiger partial charge in [0, 0.05) is 30.5 Å². The van der Waals surface area contributed by atoms with Crippen LogP contribution >= 0.6 is 22.9 Å². The Balaban J connectivity index is 1.72. The molecule has 0 radical (unpaired) electrons. The highest BCUT2D eigenvalue weighted by Crippen LogP contribution is 2.30. The molecule has 0 bridgehead atoms. The first-order chi connectivity index (χ1) is 13.5. The lowest BCUT2D eigenvalue weighted by molar-refractivity contribution is -0.131. The molecule has 0 spiro atoms. The average Bonchev–Trinajstić information content (AvgIpc) is 3.14. The van der Waals surface area contributed by atoms with E-state index in [4.69, 9.17) is 17.3 Å². The molecule has 2 aromatic carbocycles. The summed E-state index contributed by atoms with van der Waals surface area (Å²) in [6, 6.07) is 17.1. The van der Waals surface area contributed by atoms with Crippen molar-refractivity contribution in [1.29, 1.82) is 0 Å². The first-order valence-corrected chi connectivity index (χ1v) is 10.1. The lowest BCUT2D eigenvalue weighted by Gasteiger charge is -2.22. The lowest BCUT2D eigenvalue weighted by atomic mass is 10.2. The Labute approximate surface area is 172 Å². The fraction of sp³-hybridized carbons (Fsp3) is 0.190. The van der Waals surface area contributed by atoms with Crippen LogP contribution in [0.2, 0.25) is 5.02 Å². The molecule has 144 valence electrons. The first-order valence-electron chi connectivity index (χ1n) is 8.82. The van der Waals surface area contributed by atoms with Gasteiger partial charge in [-0.25, -0.2) is 4.98 Å². The minimum atomic E-state index is -0.430. The summed E-state index contributed by atoms with van der Waals surface area (Å²) >= 11 is 7.69. The zero-order valence-corrected chi connectivity index (χ0v) is 16.7. The number of amides is 2. The molecule has 3 rings (SSSR count). The molecule has 1 heterocycles. The number of primary amides is 1. The molecule has 5 nitrogen and oxygen atoms in total. The molecular formula is C21H20ClN3O2S. The van der Waals surface area contributed by atoms with Gasteiger partial charge in [0.05, 0.1) is 17.1 Å². The Morgan fingerprint density at radius 3 is 2.50 bits per heavy atom. The van der Waals surface area contributed by atoms with Crippen LogP contribution in [0.15, 0.2) is 60.0 Å². The van der Waals surface area contributed by atoms with Gasteiger partial charge in [-0.2, -0.15) is 0 Å². The van der Waals surface area contributed by atoms with Gasteiger partial charge < -0.3 is 10.6 Å². The zero-order chi connectivity index (χ0) is 19.9. The summed E-state index contributed by atoms with van der Waals surface area (Å²) < 4.78 is 0. The minimum Gasteiger partial charge on any atom is -0.370 e. The number of thiazole rings is 1. The molecule has 0 fully saturated rings. The number of halogens is 1. The number of hydrogen-bond acceptors (Lipinski definition) is 4. The molecule has 0 saturated heterocycles. The third-order valence-electron chi connectivity index (χ3n) is 4.19. The van der Waals surface area contributed by atoms with Crippen molar-refractivity contribution in [2.24, 2.45) is 5.73 Å². The summed E-state index contributed by atoms with van der Waals surface area (Å²) in [4.78, 5) is 30.3. The number of carbonyl (C=O) groups is 2. The maximum atomic E-state index is 12.9. The van der Waals surface area contributed by atoms with Crippen molar-refractivity contribution < 1.29 is 9.59 Å². The van der Waals surface area contributed by atoms with E-state index in [9.17, 15) is 9.59 Å². The Morgan fingerprint density at radius 1 is 1.07 bits per heavy atom. The van der Waals surface area contributed by atoms with Crippen molar-refractivity contribution in [3.63, 3.8) is 0 Å². The minimum absolute atomic E-state index is 0.0962. The van der Waals surface area contributed by atoms with Gasteiger partial charge in [-0.3, -0.25) is 9.59 Å². The highest BCUT2D eigenvalue weighted by Gasteiger charge is 2.17. The number of rotatable bonds is 8. The largest absolute Gasteiger partial charge is 0.370 e. The van der Waals surface area contributed by atoms with Gasteiger partial charge in [-0.15, -0.1) is 11.3 Å². The van der Waals surface area contributed by atoms with Crippen LogP contribution in [0.4, 0.5) is 0 Å². The van der Waals surface area contributed by atoms with E-state index in [0.29, 0.717) is 17.3 Å². The molecule has 1 aromatic heterocycles. The predicted molar refractivity (Wildman–Crippen MR) is 112 cm³/mol. The van der Waals surface area contributed by atoms with Crippen molar-refractivity contribution in [2.75, 3.05) is 6.54 Å². The number of benzene rings is 2. The van der Waals surface area contributed by atoms with Gasteiger partial charge in [0.1, 0.15) is 5.01 Å². The Morgan fingerprint density at radius 2 is 1.79 bits per heavy atom. The van der Waals surface area contributed by atoms with Crippen LogP contribution in [-0.2, 0) is 22.6 Å². The third-order valence-corrected chi connectivity index (χ3v) is 5.44. The summed E-state index contributed by atoms with van der Waals surface area (Å²) in [5.41, 5.74) is 7.80. The predicted octanol–water partition coefficient (Wildman–Crippen LogP) is 3.91. The number of nitrogens with two attached hydrogens (primary N) is 1. The number of hydrogen-bond donors (Lipinski definition) is 1. The second-order valence-corrected chi connectivity index (χ2v) is 7.58. The number of carbonyl (C=O) groups excluding carboxylic acids is 2. The molecule has 3 aromatic rings. The summed E-state index contributed by atoms with van der Waals surface area (Å²) in [5, 5.41) is 3.27. The van der Waals surface area contributed by atoms with Gasteiger partial charge in [0.25, 0.3) is 0 Å². The standard InChI is InChI=1S/C21H20ClN3O2S/c22-18-9-5-4-8-17(18)21-24-16(14-28-21)12-20(27)25(11-10-19(23)26)13-15-6-2-1-3-7-15/h1-9,14H,10-13H2,(H2,23,26). The van der Waals surface area contributed by atoms with Crippen molar-refractivity contribution in [3.05, 3.63) is 76.3 Å². The van der Waals surface area contributed by atoms with E-state index in [1.54, 1.807) is 4.90 Å². The van der Waals surface area contributed by atoms with Crippen LogP contribution in [0.3, 0.4) is 0 Å². The number of aromatic nitrogens is 1. The van der Waals surface area contributed by atoms with Gasteiger partial charge in [-0.1, -0.05) is 60.1 Å². The second-order valence-electron chi connectivity index (χ2n) is 6.32. The monoisotopic (exact) mass is 413 g/mol. The topological polar surface area (TPSA) is 76.3 Å². The quantitative estimate of drug-likeness (QED) is 0.608. The molecule has 7 heteroatoms. The maximum absolute atomic E-state index is 12.9. The fourth-order valence-electron chi connectivity index (χ4n) is 2.75. The molecule has 0 aliphatic carbocycles. The zero-order valence-electron chi connectivity index (χ0n) is 15.2. The van der Waals surface area contributed by atoms with E-state index in [1.807, 2.05) is 60.0 Å². The molecule has 2 N–H and O–H groups in total. The SMILES string of the molecule is NC(=O)CCN(Cc1ccccc1)C(=O)Cc1csc(-c2ccccc2Cl)n1. The summed E-state index contributed by atoms with van der Waals surface area (Å²) in [7, 11) is 0. The van der Waals surface area contributed by atoms with E-state index in [2.05, 4.69) is 4.98 Å². The smallest absolute Gasteiger partial charge is 0.228 e. The molecule has 0 unspecified atom stereocenters. The summed E-state index contributed by atoms with van der Waals surface area (Å²) in [6.45, 7) is 0.707. The van der Waals surface area contributed by atoms with Crippen molar-refractivity contribution in [2.45, 2.75) is 19.4 Å². The fourth-order valence-corrected chi connectivity index (χ4v) is 3.89. The average molecular weight is 414 g/mol. The van der Waals surface area contributed by atoms with E-state index >= 15 is 0 Å². The molecule has 0 saturated carbocycles. The van der Waals surface area contributed by atoms with Crippen LogP contribution in [0, 0.1) is 0 Å². The Hall–Kier alpha value is -2.70. The van der Waals surface area contributed by atoms with Gasteiger partial charge >= 0.3 is 0 Å². The Bertz CT molecular complexity index is 959. The second kappa shape index (κ2) is 9.48. The van der Waals surface area contributed by atoms with Crippen molar-refractivity contribution in [3.8, 4) is 10.6 Å². The van der Waals surface area contributed by atoms with Crippen LogP contribution < -0.4 is 5.73 Å². The van der Waals surface area contributed by atoms with E-state index in [-0.39, 0.29) is 25.3 Å². The van der Waals surface area contributed by atoms with Crippen LogP contribution in [0.5, 0.6) is 0 Å². The van der Waals surface area contributed by atoms with Gasteiger partial charge in [0.15, 0.2) is 0 Å². The molecule has 0 atom stereocenters. The molecule has 2 amide bonds. The van der Waals surface area contributed by atoms with Crippen molar-refractivity contribution >= 4 is 34.8 Å². The normalized spacial score (nSPS) is 10.6. The highest BCUT2D eigenvalue weighted by molar-refractivity contribution is 7.13. The third kappa shape index (κ3) is 5.41. The molecule has 28 heavy (non-hydrogen) atoms. The van der Waals surface area contributed by atoms with Crippen LogP contribution in [-0.4, -0.2) is 28.2 Å². The van der Waals surface area contributed by atoms with Gasteiger partial charge in [-0.05, 0) is 11.6 Å².